The molecule has 0 spiro atoms. The topological polar surface area (TPSA) is 78.5 Å². The molecule has 1 aromatic rings. The highest BCUT2D eigenvalue weighted by Gasteiger charge is 2.36. The first kappa shape index (κ1) is 16.3. The van der Waals surface area contributed by atoms with Crippen molar-refractivity contribution in [1.82, 2.24) is 10.2 Å². The zero-order valence-corrected chi connectivity index (χ0v) is 14.3. The average molecular weight is 337 g/mol. The van der Waals surface area contributed by atoms with Crippen LogP contribution >= 0.6 is 0 Å². The summed E-state index contributed by atoms with van der Waals surface area (Å²) in [4.78, 5) is 14.5. The number of anilines is 1. The van der Waals surface area contributed by atoms with Crippen LogP contribution in [0.25, 0.3) is 0 Å². The number of nitrogens with one attached hydrogen (secondary N) is 2. The molecule has 3 rings (SSSR count). The largest absolute Gasteiger partial charge is 0.339 e. The van der Waals surface area contributed by atoms with Gasteiger partial charge in [-0.15, -0.1) is 0 Å². The number of benzene rings is 1. The quantitative estimate of drug-likeness (QED) is 0.871. The molecule has 2 atom stereocenters. The third kappa shape index (κ3) is 3.84. The highest BCUT2D eigenvalue weighted by atomic mass is 32.2. The molecule has 2 bridgehead atoms. The van der Waals surface area contributed by atoms with Gasteiger partial charge in [-0.25, -0.2) is 8.42 Å². The minimum Gasteiger partial charge on any atom is -0.339 e. The Morgan fingerprint density at radius 1 is 1.17 bits per heavy atom. The van der Waals surface area contributed by atoms with Gasteiger partial charge in [-0.1, -0.05) is 0 Å². The van der Waals surface area contributed by atoms with E-state index < -0.39 is 10.0 Å². The highest BCUT2D eigenvalue weighted by molar-refractivity contribution is 7.92. The normalized spacial score (nSPS) is 26.8. The SMILES string of the molecule is CN(C(=O)c1ccc(NS(C)(=O)=O)cc1)C1CC2CCC(C1)N2. The Labute approximate surface area is 137 Å². The van der Waals surface area contributed by atoms with E-state index in [0.717, 1.165) is 19.1 Å². The standard InChI is InChI=1S/C16H23N3O3S/c1-19(15-9-13-7-8-14(10-15)17-13)16(20)11-3-5-12(6-4-11)18-23(2,21)22/h3-6,13-15,17-18H,7-10H2,1-2H3. The molecule has 23 heavy (non-hydrogen) atoms. The second kappa shape index (κ2) is 6.13. The molecular weight excluding hydrogens is 314 g/mol. The van der Waals surface area contributed by atoms with Gasteiger partial charge in [0, 0.05) is 36.4 Å². The van der Waals surface area contributed by atoms with Gasteiger partial charge >= 0.3 is 0 Å². The number of carbonyl (C=O) groups is 1. The molecule has 2 unspecified atom stereocenters. The van der Waals surface area contributed by atoms with Gasteiger partial charge in [-0.2, -0.15) is 0 Å². The molecule has 7 heteroatoms. The molecule has 0 aromatic heterocycles. The lowest BCUT2D eigenvalue weighted by molar-refractivity contribution is 0.0681. The summed E-state index contributed by atoms with van der Waals surface area (Å²) >= 11 is 0. The average Bonchev–Trinajstić information content (AvgIpc) is 2.83. The molecule has 2 heterocycles. The number of rotatable bonds is 4. The van der Waals surface area contributed by atoms with E-state index in [1.807, 2.05) is 11.9 Å². The molecule has 1 aromatic carbocycles. The predicted molar refractivity (Wildman–Crippen MR) is 90.0 cm³/mol. The number of sulfonamides is 1. The van der Waals surface area contributed by atoms with Gasteiger partial charge in [0.25, 0.3) is 5.91 Å². The van der Waals surface area contributed by atoms with Crippen molar-refractivity contribution >= 4 is 21.6 Å². The fraction of sp³-hybridized carbons (Fsp3) is 0.562. The molecule has 6 nitrogen and oxygen atoms in total. The molecule has 2 saturated heterocycles. The fourth-order valence-corrected chi connectivity index (χ4v) is 4.17. The van der Waals surface area contributed by atoms with Gasteiger partial charge in [0.1, 0.15) is 0 Å². The number of fused-ring (bicyclic) bond motifs is 2. The number of nitrogens with zero attached hydrogens (tertiary/aromatic N) is 1. The van der Waals surface area contributed by atoms with Crippen molar-refractivity contribution < 1.29 is 13.2 Å². The van der Waals surface area contributed by atoms with Crippen molar-refractivity contribution in [3.05, 3.63) is 29.8 Å². The maximum Gasteiger partial charge on any atom is 0.253 e. The Morgan fingerprint density at radius 3 is 2.26 bits per heavy atom. The third-order valence-corrected chi connectivity index (χ3v) is 5.36. The zero-order chi connectivity index (χ0) is 16.6. The maximum absolute atomic E-state index is 12.6. The van der Waals surface area contributed by atoms with Crippen molar-refractivity contribution in [3.63, 3.8) is 0 Å². The third-order valence-electron chi connectivity index (χ3n) is 4.75. The summed E-state index contributed by atoms with van der Waals surface area (Å²) in [6, 6.07) is 7.92. The highest BCUT2D eigenvalue weighted by Crippen LogP contribution is 2.29. The van der Waals surface area contributed by atoms with E-state index in [2.05, 4.69) is 10.0 Å². The van der Waals surface area contributed by atoms with Gasteiger partial charge in [-0.3, -0.25) is 9.52 Å². The van der Waals surface area contributed by atoms with Gasteiger partial charge < -0.3 is 10.2 Å². The van der Waals surface area contributed by atoms with Crippen molar-refractivity contribution in [2.45, 2.75) is 43.8 Å². The van der Waals surface area contributed by atoms with Crippen molar-refractivity contribution in [3.8, 4) is 0 Å². The van der Waals surface area contributed by atoms with E-state index in [4.69, 9.17) is 0 Å². The zero-order valence-electron chi connectivity index (χ0n) is 13.5. The van der Waals surface area contributed by atoms with Crippen LogP contribution in [0.15, 0.2) is 24.3 Å². The van der Waals surface area contributed by atoms with Crippen molar-refractivity contribution in [2.24, 2.45) is 0 Å². The van der Waals surface area contributed by atoms with Crippen LogP contribution in [0, 0.1) is 0 Å². The van der Waals surface area contributed by atoms with Crippen LogP contribution in [-0.4, -0.2) is 50.7 Å². The lowest BCUT2D eigenvalue weighted by atomic mass is 9.98. The Hall–Kier alpha value is -1.60. The Bertz CT molecular complexity index is 675. The summed E-state index contributed by atoms with van der Waals surface area (Å²) in [5.74, 6) is -0.0118. The van der Waals surface area contributed by atoms with Crippen LogP contribution < -0.4 is 10.0 Å². The lowest BCUT2D eigenvalue weighted by Crippen LogP contribution is -2.48. The summed E-state index contributed by atoms with van der Waals surface area (Å²) < 4.78 is 24.8. The molecule has 126 valence electrons. The number of hydrogen-bond donors (Lipinski definition) is 2. The summed E-state index contributed by atoms with van der Waals surface area (Å²) in [5.41, 5.74) is 1.05. The van der Waals surface area contributed by atoms with Crippen molar-refractivity contribution in [1.29, 1.82) is 0 Å². The molecule has 2 fully saturated rings. The van der Waals surface area contributed by atoms with Crippen LogP contribution in [-0.2, 0) is 10.0 Å². The number of amides is 1. The molecule has 0 saturated carbocycles. The second-order valence-electron chi connectivity index (χ2n) is 6.63. The van der Waals surface area contributed by atoms with Crippen LogP contribution in [0.1, 0.15) is 36.0 Å². The van der Waals surface area contributed by atoms with E-state index in [1.165, 1.54) is 12.8 Å². The van der Waals surface area contributed by atoms with Gasteiger partial charge in [0.15, 0.2) is 0 Å². The molecule has 2 aliphatic rings. The summed E-state index contributed by atoms with van der Waals surface area (Å²) in [5, 5.41) is 3.58. The first-order valence-electron chi connectivity index (χ1n) is 7.93. The lowest BCUT2D eigenvalue weighted by Gasteiger charge is -2.35. The number of hydrogen-bond acceptors (Lipinski definition) is 4. The Kier molecular flexibility index (Phi) is 4.33. The molecular formula is C16H23N3O3S. The molecule has 0 aliphatic carbocycles. The minimum absolute atomic E-state index is 0.0118. The monoisotopic (exact) mass is 337 g/mol. The first-order valence-corrected chi connectivity index (χ1v) is 9.82. The van der Waals surface area contributed by atoms with E-state index in [-0.39, 0.29) is 11.9 Å². The molecule has 1 amide bonds. The van der Waals surface area contributed by atoms with E-state index in [1.54, 1.807) is 24.3 Å². The smallest absolute Gasteiger partial charge is 0.253 e. The van der Waals surface area contributed by atoms with Gasteiger partial charge in [-0.05, 0) is 49.9 Å². The fourth-order valence-electron chi connectivity index (χ4n) is 3.61. The van der Waals surface area contributed by atoms with Crippen LogP contribution in [0.5, 0.6) is 0 Å². The first-order chi connectivity index (χ1) is 10.8. The van der Waals surface area contributed by atoms with Gasteiger partial charge in [0.2, 0.25) is 10.0 Å². The van der Waals surface area contributed by atoms with Gasteiger partial charge in [0.05, 0.1) is 6.26 Å². The number of piperidine rings is 1. The second-order valence-corrected chi connectivity index (χ2v) is 8.38. The van der Waals surface area contributed by atoms with E-state index >= 15 is 0 Å². The Morgan fingerprint density at radius 2 is 1.74 bits per heavy atom. The van der Waals surface area contributed by atoms with E-state index in [0.29, 0.717) is 23.3 Å². The van der Waals surface area contributed by atoms with Crippen LogP contribution in [0.2, 0.25) is 0 Å². The van der Waals surface area contributed by atoms with Crippen LogP contribution in [0.3, 0.4) is 0 Å². The molecule has 2 aliphatic heterocycles. The number of carbonyl (C=O) groups excluding carboxylic acids is 1. The van der Waals surface area contributed by atoms with E-state index in [9.17, 15) is 13.2 Å². The molecule has 0 radical (unpaired) electrons. The summed E-state index contributed by atoms with van der Waals surface area (Å²) in [6.07, 6.45) is 5.52. The Balaban J connectivity index is 1.67. The molecule has 2 N–H and O–H groups in total. The summed E-state index contributed by atoms with van der Waals surface area (Å²) in [6.45, 7) is 0. The predicted octanol–water partition coefficient (Wildman–Crippen LogP) is 1.41. The van der Waals surface area contributed by atoms with Crippen LogP contribution in [0.4, 0.5) is 5.69 Å². The summed E-state index contributed by atoms with van der Waals surface area (Å²) in [7, 11) is -1.44. The minimum atomic E-state index is -3.30. The van der Waals surface area contributed by atoms with Crippen molar-refractivity contribution in [2.75, 3.05) is 18.0 Å². The maximum atomic E-state index is 12.6.